The van der Waals surface area contributed by atoms with Gasteiger partial charge in [0.2, 0.25) is 0 Å². The van der Waals surface area contributed by atoms with Gasteiger partial charge >= 0.3 is 0 Å². The molecule has 2 nitrogen and oxygen atoms in total. The van der Waals surface area contributed by atoms with E-state index in [0.717, 1.165) is 25.9 Å². The number of hydrogen-bond acceptors (Lipinski definition) is 2. The molecule has 1 N–H and O–H groups in total. The quantitative estimate of drug-likeness (QED) is 0.751. The molecule has 0 atom stereocenters. The second kappa shape index (κ2) is 6.59. The van der Waals surface area contributed by atoms with Gasteiger partial charge in [0.25, 0.3) is 0 Å². The molecule has 0 bridgehead atoms. The minimum absolute atomic E-state index is 0.211. The summed E-state index contributed by atoms with van der Waals surface area (Å²) >= 11 is 6.91. The van der Waals surface area contributed by atoms with Crippen molar-refractivity contribution in [1.82, 2.24) is 0 Å². The fourth-order valence-electron chi connectivity index (χ4n) is 1.87. The van der Waals surface area contributed by atoms with Crippen molar-refractivity contribution in [3.8, 4) is 5.75 Å². The van der Waals surface area contributed by atoms with Crippen LogP contribution in [0.2, 0.25) is 0 Å². The van der Waals surface area contributed by atoms with Crippen molar-refractivity contribution < 1.29 is 9.13 Å². The lowest BCUT2D eigenvalue weighted by atomic mass is 10.2. The third-order valence-electron chi connectivity index (χ3n) is 2.94. The smallest absolute Gasteiger partial charge is 0.138 e. The van der Waals surface area contributed by atoms with Crippen LogP contribution in [0.15, 0.2) is 39.3 Å². The maximum absolute atomic E-state index is 13.5. The number of ether oxygens (including phenoxy) is 1. The van der Waals surface area contributed by atoms with E-state index in [-0.39, 0.29) is 5.82 Å². The monoisotopic (exact) mass is 401 g/mol. The molecule has 0 unspecified atom stereocenters. The molecule has 0 saturated carbocycles. The fourth-order valence-corrected chi connectivity index (χ4v) is 3.35. The van der Waals surface area contributed by atoms with Gasteiger partial charge in [0.05, 0.1) is 11.6 Å². The molecule has 20 heavy (non-hydrogen) atoms. The van der Waals surface area contributed by atoms with Gasteiger partial charge in [-0.05, 0) is 52.7 Å². The lowest BCUT2D eigenvalue weighted by Crippen LogP contribution is -2.03. The molecule has 0 saturated heterocycles. The van der Waals surface area contributed by atoms with Crippen LogP contribution in [-0.2, 0) is 6.54 Å². The van der Waals surface area contributed by atoms with E-state index in [0.29, 0.717) is 12.1 Å². The Morgan fingerprint density at radius 3 is 2.60 bits per heavy atom. The van der Waals surface area contributed by atoms with Gasteiger partial charge in [0, 0.05) is 22.3 Å². The number of nitrogens with one attached hydrogen (secondary N) is 1. The predicted molar refractivity (Wildman–Crippen MR) is 86.9 cm³/mol. The molecule has 2 aromatic carbocycles. The number of aryl methyl sites for hydroxylation is 1. The second-order valence-electron chi connectivity index (χ2n) is 4.40. The van der Waals surface area contributed by atoms with Gasteiger partial charge in [0.1, 0.15) is 11.6 Å². The third-order valence-corrected chi connectivity index (χ3v) is 3.99. The molecule has 0 aliphatic carbocycles. The van der Waals surface area contributed by atoms with Crippen molar-refractivity contribution >= 4 is 37.5 Å². The van der Waals surface area contributed by atoms with Crippen LogP contribution >= 0.6 is 31.9 Å². The first-order valence-corrected chi connectivity index (χ1v) is 7.62. The van der Waals surface area contributed by atoms with E-state index in [1.807, 2.05) is 18.2 Å². The summed E-state index contributed by atoms with van der Waals surface area (Å²) < 4.78 is 20.7. The van der Waals surface area contributed by atoms with E-state index in [1.165, 1.54) is 6.07 Å². The molecule has 0 aromatic heterocycles. The van der Waals surface area contributed by atoms with Crippen LogP contribution < -0.4 is 10.1 Å². The van der Waals surface area contributed by atoms with Crippen LogP contribution in [0.25, 0.3) is 0 Å². The maximum atomic E-state index is 13.5. The lowest BCUT2D eigenvalue weighted by molar-refractivity contribution is 0.407. The van der Waals surface area contributed by atoms with Crippen LogP contribution in [0.5, 0.6) is 5.75 Å². The average Bonchev–Trinajstić information content (AvgIpc) is 2.39. The Morgan fingerprint density at radius 1 is 1.20 bits per heavy atom. The maximum Gasteiger partial charge on any atom is 0.138 e. The standard InChI is InChI=1S/C15H14Br2FNO/c1-9-3-4-12(7-14(9)18)19-8-10-5-11(16)6-13(17)15(10)20-2/h3-7,19H,8H2,1-2H3. The molecule has 0 radical (unpaired) electrons. The molecule has 0 spiro atoms. The first-order valence-electron chi connectivity index (χ1n) is 6.03. The lowest BCUT2D eigenvalue weighted by Gasteiger charge is -2.13. The number of halogens is 3. The Bertz CT molecular complexity index is 632. The van der Waals surface area contributed by atoms with Gasteiger partial charge in [0.15, 0.2) is 0 Å². The Balaban J connectivity index is 2.20. The molecule has 0 aliphatic heterocycles. The van der Waals surface area contributed by atoms with Gasteiger partial charge in [-0.1, -0.05) is 22.0 Å². The zero-order chi connectivity index (χ0) is 14.7. The summed E-state index contributed by atoms with van der Waals surface area (Å²) in [6, 6.07) is 9.01. The summed E-state index contributed by atoms with van der Waals surface area (Å²) in [5.41, 5.74) is 2.36. The van der Waals surface area contributed by atoms with E-state index in [4.69, 9.17) is 4.74 Å². The summed E-state index contributed by atoms with van der Waals surface area (Å²) in [7, 11) is 1.63. The van der Waals surface area contributed by atoms with Gasteiger partial charge < -0.3 is 10.1 Å². The Labute approximate surface area is 134 Å². The van der Waals surface area contributed by atoms with Crippen molar-refractivity contribution in [3.63, 3.8) is 0 Å². The van der Waals surface area contributed by atoms with E-state index in [9.17, 15) is 4.39 Å². The van der Waals surface area contributed by atoms with E-state index >= 15 is 0 Å². The van der Waals surface area contributed by atoms with Gasteiger partial charge in [-0.3, -0.25) is 0 Å². The highest BCUT2D eigenvalue weighted by Crippen LogP contribution is 2.33. The second-order valence-corrected chi connectivity index (χ2v) is 6.17. The van der Waals surface area contributed by atoms with E-state index < -0.39 is 0 Å². The number of rotatable bonds is 4. The highest BCUT2D eigenvalue weighted by atomic mass is 79.9. The molecule has 5 heteroatoms. The molecular formula is C15H14Br2FNO. The minimum atomic E-state index is -0.211. The number of benzene rings is 2. The van der Waals surface area contributed by atoms with E-state index in [1.54, 1.807) is 20.1 Å². The number of hydrogen-bond donors (Lipinski definition) is 1. The van der Waals surface area contributed by atoms with Crippen LogP contribution in [-0.4, -0.2) is 7.11 Å². The minimum Gasteiger partial charge on any atom is -0.495 e. The van der Waals surface area contributed by atoms with Gasteiger partial charge in [-0.15, -0.1) is 0 Å². The SMILES string of the molecule is COc1c(Br)cc(Br)cc1CNc1ccc(C)c(F)c1. The van der Waals surface area contributed by atoms with Crippen molar-refractivity contribution in [2.45, 2.75) is 13.5 Å². The first kappa shape index (κ1) is 15.3. The van der Waals surface area contributed by atoms with Crippen LogP contribution in [0.1, 0.15) is 11.1 Å². The molecule has 2 rings (SSSR count). The Morgan fingerprint density at radius 2 is 1.95 bits per heavy atom. The van der Waals surface area contributed by atoms with Gasteiger partial charge in [-0.25, -0.2) is 4.39 Å². The summed E-state index contributed by atoms with van der Waals surface area (Å²) in [5.74, 6) is 0.561. The van der Waals surface area contributed by atoms with Crippen LogP contribution in [0.4, 0.5) is 10.1 Å². The molecule has 2 aromatic rings. The largest absolute Gasteiger partial charge is 0.495 e. The Hall–Kier alpha value is -1.07. The summed E-state index contributed by atoms with van der Waals surface area (Å²) in [5, 5.41) is 3.20. The molecule has 0 aliphatic rings. The zero-order valence-electron chi connectivity index (χ0n) is 11.1. The van der Waals surface area contributed by atoms with Crippen molar-refractivity contribution in [3.05, 3.63) is 56.2 Å². The van der Waals surface area contributed by atoms with Crippen LogP contribution in [0.3, 0.4) is 0 Å². The fraction of sp³-hybridized carbons (Fsp3) is 0.200. The zero-order valence-corrected chi connectivity index (χ0v) is 14.3. The molecule has 0 amide bonds. The summed E-state index contributed by atoms with van der Waals surface area (Å²) in [4.78, 5) is 0. The predicted octanol–water partition coefficient (Wildman–Crippen LogP) is 5.28. The average molecular weight is 403 g/mol. The highest BCUT2D eigenvalue weighted by Gasteiger charge is 2.09. The summed E-state index contributed by atoms with van der Waals surface area (Å²) in [6.07, 6.45) is 0. The van der Waals surface area contributed by atoms with Crippen molar-refractivity contribution in [2.75, 3.05) is 12.4 Å². The molecular weight excluding hydrogens is 389 g/mol. The first-order chi connectivity index (χ1) is 9.51. The Kier molecular flexibility index (Phi) is 5.05. The van der Waals surface area contributed by atoms with Crippen molar-refractivity contribution in [2.24, 2.45) is 0 Å². The number of anilines is 1. The number of methoxy groups -OCH3 is 1. The third kappa shape index (κ3) is 3.52. The van der Waals surface area contributed by atoms with Gasteiger partial charge in [-0.2, -0.15) is 0 Å². The highest BCUT2D eigenvalue weighted by molar-refractivity contribution is 9.11. The molecule has 0 fully saturated rings. The summed E-state index contributed by atoms with van der Waals surface area (Å²) in [6.45, 7) is 2.29. The van der Waals surface area contributed by atoms with Crippen molar-refractivity contribution in [1.29, 1.82) is 0 Å². The van der Waals surface area contributed by atoms with E-state index in [2.05, 4.69) is 37.2 Å². The topological polar surface area (TPSA) is 21.3 Å². The molecule has 106 valence electrons. The van der Waals surface area contributed by atoms with Crippen LogP contribution in [0, 0.1) is 12.7 Å². The normalized spacial score (nSPS) is 10.4. The molecule has 0 heterocycles.